The third-order valence-corrected chi connectivity index (χ3v) is 4.30. The molecule has 0 aromatic heterocycles. The van der Waals surface area contributed by atoms with Gasteiger partial charge in [-0.15, -0.1) is 0 Å². The summed E-state index contributed by atoms with van der Waals surface area (Å²) < 4.78 is 0. The van der Waals surface area contributed by atoms with Gasteiger partial charge in [0, 0.05) is 38.8 Å². The zero-order valence-corrected chi connectivity index (χ0v) is 13.0. The first-order chi connectivity index (χ1) is 9.66. The summed E-state index contributed by atoms with van der Waals surface area (Å²) >= 11 is 0. The number of urea groups is 1. The lowest BCUT2D eigenvalue weighted by molar-refractivity contribution is 0.200. The monoisotopic (exact) mass is 279 g/mol. The molecule has 2 amide bonds. The second kappa shape index (κ2) is 7.67. The number of carbonyl (C=O) groups excluding carboxylic acids is 1. The van der Waals surface area contributed by atoms with Crippen molar-refractivity contribution < 1.29 is 4.79 Å². The number of carbonyl (C=O) groups is 1. The molecule has 4 heteroatoms. The van der Waals surface area contributed by atoms with Crippen molar-refractivity contribution in [3.05, 3.63) is 12.2 Å². The van der Waals surface area contributed by atoms with Gasteiger partial charge in [-0.3, -0.25) is 4.90 Å². The Balaban J connectivity index is 1.59. The standard InChI is InChI=1S/C16H29N3O/c1-14(2)7-3-4-9-17-16(20)19-12-8-15(13-19)18-10-5-6-11-18/h5-6,14-15H,3-4,7-13H2,1-2H3,(H,17,20)/t15-/m1/s1. The smallest absolute Gasteiger partial charge is 0.317 e. The van der Waals surface area contributed by atoms with Gasteiger partial charge in [0.2, 0.25) is 0 Å². The van der Waals surface area contributed by atoms with Crippen LogP contribution in [0.3, 0.4) is 0 Å². The minimum absolute atomic E-state index is 0.129. The molecule has 0 bridgehead atoms. The van der Waals surface area contributed by atoms with Gasteiger partial charge in [-0.1, -0.05) is 38.8 Å². The summed E-state index contributed by atoms with van der Waals surface area (Å²) in [7, 11) is 0. The summed E-state index contributed by atoms with van der Waals surface area (Å²) in [6.45, 7) is 9.20. The fraction of sp³-hybridized carbons (Fsp3) is 0.812. The number of rotatable bonds is 6. The molecule has 0 aromatic rings. The molecule has 4 nitrogen and oxygen atoms in total. The Labute approximate surface area is 123 Å². The third-order valence-electron chi connectivity index (χ3n) is 4.30. The van der Waals surface area contributed by atoms with Crippen molar-refractivity contribution in [2.24, 2.45) is 5.92 Å². The van der Waals surface area contributed by atoms with E-state index in [1.165, 1.54) is 12.8 Å². The van der Waals surface area contributed by atoms with Gasteiger partial charge in [0.25, 0.3) is 0 Å². The van der Waals surface area contributed by atoms with E-state index in [1.807, 2.05) is 4.90 Å². The van der Waals surface area contributed by atoms with Crippen LogP contribution in [-0.2, 0) is 0 Å². The first kappa shape index (κ1) is 15.4. The van der Waals surface area contributed by atoms with Crippen molar-refractivity contribution in [1.29, 1.82) is 0 Å². The molecular formula is C16H29N3O. The lowest BCUT2D eigenvalue weighted by Gasteiger charge is -2.23. The Morgan fingerprint density at radius 1 is 1.30 bits per heavy atom. The molecule has 2 heterocycles. The van der Waals surface area contributed by atoms with E-state index in [9.17, 15) is 4.79 Å². The second-order valence-electron chi connectivity index (χ2n) is 6.44. The molecule has 20 heavy (non-hydrogen) atoms. The van der Waals surface area contributed by atoms with Crippen LogP contribution >= 0.6 is 0 Å². The number of likely N-dealkylation sites (tertiary alicyclic amines) is 1. The normalized spacial score (nSPS) is 22.9. The Morgan fingerprint density at radius 2 is 2.05 bits per heavy atom. The third kappa shape index (κ3) is 4.51. The molecule has 1 saturated heterocycles. The maximum atomic E-state index is 12.1. The molecule has 1 fully saturated rings. The quantitative estimate of drug-likeness (QED) is 0.599. The predicted octanol–water partition coefficient (Wildman–Crippen LogP) is 2.47. The molecule has 114 valence electrons. The predicted molar refractivity (Wildman–Crippen MR) is 82.8 cm³/mol. The van der Waals surface area contributed by atoms with E-state index in [-0.39, 0.29) is 6.03 Å². The van der Waals surface area contributed by atoms with Gasteiger partial charge < -0.3 is 10.2 Å². The van der Waals surface area contributed by atoms with Gasteiger partial charge in [-0.2, -0.15) is 0 Å². The summed E-state index contributed by atoms with van der Waals surface area (Å²) in [5.41, 5.74) is 0. The highest BCUT2D eigenvalue weighted by Gasteiger charge is 2.30. The van der Waals surface area contributed by atoms with E-state index in [2.05, 4.69) is 36.2 Å². The van der Waals surface area contributed by atoms with Crippen LogP contribution in [0.15, 0.2) is 12.2 Å². The summed E-state index contributed by atoms with van der Waals surface area (Å²) in [5.74, 6) is 0.763. The van der Waals surface area contributed by atoms with Crippen molar-refractivity contribution in [2.45, 2.75) is 45.6 Å². The van der Waals surface area contributed by atoms with Gasteiger partial charge in [-0.05, 0) is 18.8 Å². The molecule has 0 aromatic carbocycles. The Morgan fingerprint density at radius 3 is 2.75 bits per heavy atom. The van der Waals surface area contributed by atoms with Crippen LogP contribution in [0.1, 0.15) is 39.5 Å². The van der Waals surface area contributed by atoms with Gasteiger partial charge in [0.1, 0.15) is 0 Å². The fourth-order valence-corrected chi connectivity index (χ4v) is 3.00. The van der Waals surface area contributed by atoms with E-state index in [0.717, 1.165) is 51.5 Å². The summed E-state index contributed by atoms with van der Waals surface area (Å²) in [4.78, 5) is 16.5. The van der Waals surface area contributed by atoms with Gasteiger partial charge in [-0.25, -0.2) is 4.79 Å². The molecule has 0 radical (unpaired) electrons. The van der Waals surface area contributed by atoms with Crippen LogP contribution < -0.4 is 5.32 Å². The molecule has 1 N–H and O–H groups in total. The van der Waals surface area contributed by atoms with Crippen LogP contribution in [-0.4, -0.2) is 54.6 Å². The fourth-order valence-electron chi connectivity index (χ4n) is 3.00. The SMILES string of the molecule is CC(C)CCCCNC(=O)N1CC[C@@H](N2CC=CC2)C1. The maximum Gasteiger partial charge on any atom is 0.317 e. The topological polar surface area (TPSA) is 35.6 Å². The Hall–Kier alpha value is -1.03. The van der Waals surface area contributed by atoms with Crippen LogP contribution in [0.2, 0.25) is 0 Å². The minimum atomic E-state index is 0.129. The summed E-state index contributed by atoms with van der Waals surface area (Å²) in [5, 5.41) is 3.06. The van der Waals surface area contributed by atoms with E-state index >= 15 is 0 Å². The van der Waals surface area contributed by atoms with E-state index in [0.29, 0.717) is 6.04 Å². The lowest BCUT2D eigenvalue weighted by Crippen LogP contribution is -2.42. The highest BCUT2D eigenvalue weighted by atomic mass is 16.2. The molecular weight excluding hydrogens is 250 g/mol. The number of hydrogen-bond acceptors (Lipinski definition) is 2. The van der Waals surface area contributed by atoms with Crippen molar-refractivity contribution in [2.75, 3.05) is 32.7 Å². The molecule has 0 unspecified atom stereocenters. The number of amides is 2. The van der Waals surface area contributed by atoms with Crippen LogP contribution in [0.5, 0.6) is 0 Å². The van der Waals surface area contributed by atoms with Crippen molar-refractivity contribution in [3.8, 4) is 0 Å². The van der Waals surface area contributed by atoms with Crippen molar-refractivity contribution in [3.63, 3.8) is 0 Å². The Bertz CT molecular complexity index is 333. The van der Waals surface area contributed by atoms with Crippen LogP contribution in [0, 0.1) is 5.92 Å². The van der Waals surface area contributed by atoms with E-state index in [4.69, 9.17) is 0 Å². The van der Waals surface area contributed by atoms with E-state index in [1.54, 1.807) is 0 Å². The Kier molecular flexibility index (Phi) is 5.89. The minimum Gasteiger partial charge on any atom is -0.338 e. The van der Waals surface area contributed by atoms with Gasteiger partial charge in [0.15, 0.2) is 0 Å². The number of unbranched alkanes of at least 4 members (excludes halogenated alkanes) is 1. The highest BCUT2D eigenvalue weighted by molar-refractivity contribution is 5.74. The van der Waals surface area contributed by atoms with Crippen molar-refractivity contribution in [1.82, 2.24) is 15.1 Å². The summed E-state index contributed by atoms with van der Waals surface area (Å²) in [6.07, 6.45) is 9.11. The van der Waals surface area contributed by atoms with E-state index < -0.39 is 0 Å². The van der Waals surface area contributed by atoms with Crippen LogP contribution in [0.4, 0.5) is 4.79 Å². The molecule has 2 aliphatic heterocycles. The number of nitrogens with one attached hydrogen (secondary N) is 1. The first-order valence-corrected chi connectivity index (χ1v) is 8.08. The molecule has 2 rings (SSSR count). The lowest BCUT2D eigenvalue weighted by atomic mass is 10.1. The zero-order chi connectivity index (χ0) is 14.4. The van der Waals surface area contributed by atoms with Crippen molar-refractivity contribution >= 4 is 6.03 Å². The first-order valence-electron chi connectivity index (χ1n) is 8.08. The number of hydrogen-bond donors (Lipinski definition) is 1. The second-order valence-corrected chi connectivity index (χ2v) is 6.44. The molecule has 0 spiro atoms. The number of nitrogens with zero attached hydrogens (tertiary/aromatic N) is 2. The zero-order valence-electron chi connectivity index (χ0n) is 13.0. The molecule has 0 aliphatic carbocycles. The molecule has 1 atom stereocenters. The largest absolute Gasteiger partial charge is 0.338 e. The summed E-state index contributed by atoms with van der Waals surface area (Å²) in [6, 6.07) is 0.681. The molecule has 0 saturated carbocycles. The average Bonchev–Trinajstić information content (AvgIpc) is 3.08. The van der Waals surface area contributed by atoms with Crippen LogP contribution in [0.25, 0.3) is 0 Å². The van der Waals surface area contributed by atoms with Gasteiger partial charge >= 0.3 is 6.03 Å². The maximum absolute atomic E-state index is 12.1. The molecule has 2 aliphatic rings. The van der Waals surface area contributed by atoms with Gasteiger partial charge in [0.05, 0.1) is 0 Å². The average molecular weight is 279 g/mol. The highest BCUT2D eigenvalue weighted by Crippen LogP contribution is 2.17.